The molecular weight excluding hydrogens is 240 g/mol. The fraction of sp³-hybridized carbons (Fsp3) is 0.933. The first-order chi connectivity index (χ1) is 8.51. The molecule has 3 heteroatoms. The van der Waals surface area contributed by atoms with Gasteiger partial charge in [0.25, 0.3) is 0 Å². The normalized spacial score (nSPS) is 32.7. The molecule has 2 atom stereocenters. The molecule has 2 rings (SSSR count). The second kappa shape index (κ2) is 5.44. The highest BCUT2D eigenvalue weighted by Crippen LogP contribution is 2.41. The summed E-state index contributed by atoms with van der Waals surface area (Å²) in [5.41, 5.74) is 0.491. The number of amidine groups is 1. The standard InChI is InChI=1S/C15H28N2S/c1-5-14(4,6-2)16-13-17-15(11-18-13)9-7-8-12(3)10-15/h12H,5-11H2,1-4H3,(H,16,17). The number of aliphatic imine (C=N–C) groups is 1. The molecule has 0 amide bonds. The third-order valence-corrected chi connectivity index (χ3v) is 6.00. The van der Waals surface area contributed by atoms with Crippen LogP contribution in [-0.4, -0.2) is 22.0 Å². The Labute approximate surface area is 116 Å². The van der Waals surface area contributed by atoms with Crippen molar-refractivity contribution in [2.24, 2.45) is 10.9 Å². The molecule has 2 nitrogen and oxygen atoms in total. The number of nitrogens with zero attached hydrogens (tertiary/aromatic N) is 1. The minimum absolute atomic E-state index is 0.220. The zero-order chi connectivity index (χ0) is 13.2. The average Bonchev–Trinajstić information content (AvgIpc) is 2.71. The van der Waals surface area contributed by atoms with Gasteiger partial charge in [-0.15, -0.1) is 0 Å². The Morgan fingerprint density at radius 1 is 1.44 bits per heavy atom. The SMILES string of the molecule is CCC(C)(CC)NC1=NC2(CCCC(C)C2)CS1. The maximum atomic E-state index is 5.08. The lowest BCUT2D eigenvalue weighted by Crippen LogP contribution is -2.43. The smallest absolute Gasteiger partial charge is 0.157 e. The number of hydrogen-bond acceptors (Lipinski definition) is 3. The molecule has 1 aliphatic heterocycles. The number of thioether (sulfide) groups is 1. The Bertz CT molecular complexity index is 322. The van der Waals surface area contributed by atoms with Gasteiger partial charge in [-0.3, -0.25) is 4.99 Å². The molecule has 0 saturated heterocycles. The van der Waals surface area contributed by atoms with Gasteiger partial charge < -0.3 is 5.32 Å². The predicted octanol–water partition coefficient (Wildman–Crippen LogP) is 4.21. The third kappa shape index (κ3) is 3.04. The van der Waals surface area contributed by atoms with E-state index in [-0.39, 0.29) is 11.1 Å². The Balaban J connectivity index is 2.03. The highest BCUT2D eigenvalue weighted by molar-refractivity contribution is 8.14. The summed E-state index contributed by atoms with van der Waals surface area (Å²) in [7, 11) is 0. The molecule has 0 aromatic rings. The van der Waals surface area contributed by atoms with E-state index < -0.39 is 0 Å². The van der Waals surface area contributed by atoms with Crippen LogP contribution in [0.5, 0.6) is 0 Å². The fourth-order valence-electron chi connectivity index (χ4n) is 3.10. The van der Waals surface area contributed by atoms with E-state index in [0.29, 0.717) is 0 Å². The van der Waals surface area contributed by atoms with Gasteiger partial charge in [-0.2, -0.15) is 0 Å². The van der Waals surface area contributed by atoms with E-state index in [2.05, 4.69) is 33.0 Å². The largest absolute Gasteiger partial charge is 0.360 e. The quantitative estimate of drug-likeness (QED) is 0.829. The second-order valence-electron chi connectivity index (χ2n) is 6.52. The minimum Gasteiger partial charge on any atom is -0.360 e. The molecule has 1 aliphatic carbocycles. The van der Waals surface area contributed by atoms with Crippen molar-refractivity contribution < 1.29 is 0 Å². The maximum Gasteiger partial charge on any atom is 0.157 e. The van der Waals surface area contributed by atoms with Crippen molar-refractivity contribution in [3.8, 4) is 0 Å². The van der Waals surface area contributed by atoms with Crippen molar-refractivity contribution in [1.82, 2.24) is 5.32 Å². The molecule has 0 bridgehead atoms. The van der Waals surface area contributed by atoms with Crippen molar-refractivity contribution in [2.75, 3.05) is 5.75 Å². The first-order valence-electron chi connectivity index (χ1n) is 7.52. The lowest BCUT2D eigenvalue weighted by atomic mass is 9.78. The monoisotopic (exact) mass is 268 g/mol. The highest BCUT2D eigenvalue weighted by atomic mass is 32.2. The van der Waals surface area contributed by atoms with Gasteiger partial charge in [-0.1, -0.05) is 45.4 Å². The van der Waals surface area contributed by atoms with Crippen LogP contribution in [0.4, 0.5) is 0 Å². The molecular formula is C15H28N2S. The Kier molecular flexibility index (Phi) is 4.30. The zero-order valence-electron chi connectivity index (χ0n) is 12.4. The second-order valence-corrected chi connectivity index (χ2v) is 7.49. The molecule has 0 aromatic carbocycles. The van der Waals surface area contributed by atoms with Gasteiger partial charge in [0.05, 0.1) is 5.54 Å². The first kappa shape index (κ1) is 14.2. The Hall–Kier alpha value is -0.180. The molecule has 0 aromatic heterocycles. The van der Waals surface area contributed by atoms with Crippen LogP contribution in [-0.2, 0) is 0 Å². The molecule has 104 valence electrons. The van der Waals surface area contributed by atoms with E-state index in [0.717, 1.165) is 18.8 Å². The van der Waals surface area contributed by atoms with E-state index in [9.17, 15) is 0 Å². The van der Waals surface area contributed by atoms with E-state index in [1.807, 2.05) is 11.8 Å². The van der Waals surface area contributed by atoms with Crippen LogP contribution in [0, 0.1) is 5.92 Å². The molecule has 1 heterocycles. The lowest BCUT2D eigenvalue weighted by molar-refractivity contribution is 0.265. The van der Waals surface area contributed by atoms with Crippen LogP contribution in [0.25, 0.3) is 0 Å². The van der Waals surface area contributed by atoms with E-state index in [1.165, 1.54) is 36.6 Å². The summed E-state index contributed by atoms with van der Waals surface area (Å²) < 4.78 is 0. The van der Waals surface area contributed by atoms with Crippen molar-refractivity contribution in [2.45, 2.75) is 77.3 Å². The number of nitrogens with one attached hydrogen (secondary N) is 1. The van der Waals surface area contributed by atoms with Gasteiger partial charge >= 0.3 is 0 Å². The summed E-state index contributed by atoms with van der Waals surface area (Å²) in [4.78, 5) is 5.08. The van der Waals surface area contributed by atoms with E-state index >= 15 is 0 Å². The summed E-state index contributed by atoms with van der Waals surface area (Å²) >= 11 is 1.95. The summed E-state index contributed by atoms with van der Waals surface area (Å²) in [6.07, 6.45) is 7.66. The van der Waals surface area contributed by atoms with Crippen molar-refractivity contribution >= 4 is 16.9 Å². The summed E-state index contributed by atoms with van der Waals surface area (Å²) in [5, 5.41) is 4.90. The lowest BCUT2D eigenvalue weighted by Gasteiger charge is -2.33. The molecule has 1 N–H and O–H groups in total. The zero-order valence-corrected chi connectivity index (χ0v) is 13.2. The summed E-state index contributed by atoms with van der Waals surface area (Å²) in [5.74, 6) is 2.05. The number of rotatable bonds is 3. The van der Waals surface area contributed by atoms with Crippen LogP contribution >= 0.6 is 11.8 Å². The van der Waals surface area contributed by atoms with Crippen LogP contribution in [0.3, 0.4) is 0 Å². The van der Waals surface area contributed by atoms with Crippen LogP contribution in [0.1, 0.15) is 66.2 Å². The Morgan fingerprint density at radius 2 is 2.17 bits per heavy atom. The van der Waals surface area contributed by atoms with E-state index in [1.54, 1.807) is 0 Å². The molecule has 1 fully saturated rings. The van der Waals surface area contributed by atoms with Gasteiger partial charge in [0.1, 0.15) is 0 Å². The van der Waals surface area contributed by atoms with E-state index in [4.69, 9.17) is 4.99 Å². The molecule has 2 unspecified atom stereocenters. The molecule has 1 saturated carbocycles. The minimum atomic E-state index is 0.220. The summed E-state index contributed by atoms with van der Waals surface area (Å²) in [6.45, 7) is 9.21. The maximum absolute atomic E-state index is 5.08. The fourth-order valence-corrected chi connectivity index (χ4v) is 4.41. The molecule has 18 heavy (non-hydrogen) atoms. The predicted molar refractivity (Wildman–Crippen MR) is 82.4 cm³/mol. The summed E-state index contributed by atoms with van der Waals surface area (Å²) in [6, 6.07) is 0. The molecule has 1 spiro atoms. The van der Waals surface area contributed by atoms with Gasteiger partial charge in [0.2, 0.25) is 0 Å². The topological polar surface area (TPSA) is 24.4 Å². The van der Waals surface area contributed by atoms with Crippen molar-refractivity contribution in [3.63, 3.8) is 0 Å². The number of hydrogen-bond donors (Lipinski definition) is 1. The van der Waals surface area contributed by atoms with Gasteiger partial charge in [-0.05, 0) is 38.5 Å². The van der Waals surface area contributed by atoms with Gasteiger partial charge in [0.15, 0.2) is 5.17 Å². The van der Waals surface area contributed by atoms with Crippen molar-refractivity contribution in [3.05, 3.63) is 0 Å². The van der Waals surface area contributed by atoms with Crippen LogP contribution in [0.2, 0.25) is 0 Å². The highest BCUT2D eigenvalue weighted by Gasteiger charge is 2.39. The van der Waals surface area contributed by atoms with Crippen LogP contribution in [0.15, 0.2) is 4.99 Å². The van der Waals surface area contributed by atoms with Gasteiger partial charge in [-0.25, -0.2) is 0 Å². The Morgan fingerprint density at radius 3 is 2.78 bits per heavy atom. The third-order valence-electron chi connectivity index (χ3n) is 4.85. The van der Waals surface area contributed by atoms with Gasteiger partial charge in [0, 0.05) is 11.3 Å². The van der Waals surface area contributed by atoms with Crippen LogP contribution < -0.4 is 5.32 Å². The van der Waals surface area contributed by atoms with Crippen molar-refractivity contribution in [1.29, 1.82) is 0 Å². The molecule has 2 aliphatic rings. The molecule has 0 radical (unpaired) electrons. The first-order valence-corrected chi connectivity index (χ1v) is 8.50. The average molecular weight is 268 g/mol.